The molecule has 0 spiro atoms. The van der Waals surface area contributed by atoms with Gasteiger partial charge < -0.3 is 15.4 Å². The van der Waals surface area contributed by atoms with Crippen molar-refractivity contribution in [2.24, 2.45) is 5.73 Å². The molecule has 0 unspecified atom stereocenters. The van der Waals surface area contributed by atoms with Gasteiger partial charge in [0.15, 0.2) is 0 Å². The van der Waals surface area contributed by atoms with E-state index in [0.29, 0.717) is 61.6 Å². The monoisotopic (exact) mass is 754 g/mol. The number of carbonyl (C=O) groups is 1. The number of benzene rings is 3. The lowest BCUT2D eigenvalue weighted by molar-refractivity contribution is -0.146. The normalized spacial score (nSPS) is 20.2. The zero-order chi connectivity index (χ0) is 32.8. The average molecular weight is 756 g/mol. The van der Waals surface area contributed by atoms with Gasteiger partial charge in [-0.15, -0.1) is 42.3 Å². The van der Waals surface area contributed by atoms with E-state index in [1.165, 1.54) is 17.2 Å². The number of ether oxygens (including phenoxy) is 1. The fourth-order valence-electron chi connectivity index (χ4n) is 7.24. The van der Waals surface area contributed by atoms with Gasteiger partial charge in [0.1, 0.15) is 5.75 Å². The number of fused-ring (bicyclic) bond motifs is 1. The summed E-state index contributed by atoms with van der Waals surface area (Å²) >= 11 is 0. The molecule has 1 aromatic heterocycles. The standard InChI is InChI=1S/C34H37F3N8O2.3ClH/c1-47-29-13-12-26(45-31(34(35,36)37)39-40-41-45)18-25(29)19-42-20-27-21-43(32(46)33(38)14-15-33)16-17-44(27)28(22-42)30(23-8-4-2-5-9-23)24-10-6-3-7-11-24;;;/h2-13,18,27-28,30H,14-17,19-22,38H2,1H3;3*1H/t27-,28+;;;/m1.../s1. The second kappa shape index (κ2) is 15.8. The van der Waals surface area contributed by atoms with Gasteiger partial charge in [-0.25, -0.2) is 0 Å². The van der Waals surface area contributed by atoms with Crippen molar-refractivity contribution in [2.75, 3.05) is 39.8 Å². The number of hydrogen-bond donors (Lipinski definition) is 1. The molecule has 3 aliphatic rings. The molecule has 2 atom stereocenters. The quantitative estimate of drug-likeness (QED) is 0.269. The first-order valence-corrected chi connectivity index (χ1v) is 15.8. The highest BCUT2D eigenvalue weighted by Gasteiger charge is 2.51. The van der Waals surface area contributed by atoms with Crippen LogP contribution in [0.1, 0.15) is 41.3 Å². The molecule has 0 bridgehead atoms. The van der Waals surface area contributed by atoms with Gasteiger partial charge in [-0.05, 0) is 52.6 Å². The summed E-state index contributed by atoms with van der Waals surface area (Å²) in [6.07, 6.45) is -3.30. The number of piperazine rings is 2. The van der Waals surface area contributed by atoms with E-state index in [1.54, 1.807) is 19.2 Å². The van der Waals surface area contributed by atoms with Crippen molar-refractivity contribution in [3.8, 4) is 11.4 Å². The van der Waals surface area contributed by atoms with Gasteiger partial charge in [-0.1, -0.05) is 60.7 Å². The number of tetrazole rings is 1. The van der Waals surface area contributed by atoms with Crippen LogP contribution in [0.5, 0.6) is 5.75 Å². The maximum Gasteiger partial charge on any atom is 0.453 e. The van der Waals surface area contributed by atoms with E-state index in [-0.39, 0.29) is 66.8 Å². The largest absolute Gasteiger partial charge is 0.496 e. The number of nitrogens with zero attached hydrogens (tertiary/aromatic N) is 7. The summed E-state index contributed by atoms with van der Waals surface area (Å²) < 4.78 is 47.4. The van der Waals surface area contributed by atoms with Gasteiger partial charge in [0.25, 0.3) is 5.82 Å². The van der Waals surface area contributed by atoms with E-state index >= 15 is 0 Å². The highest BCUT2D eigenvalue weighted by molar-refractivity contribution is 5.89. The van der Waals surface area contributed by atoms with Crippen molar-refractivity contribution in [3.05, 3.63) is 101 Å². The molecule has 2 aliphatic heterocycles. The lowest BCUT2D eigenvalue weighted by atomic mass is 9.81. The number of amides is 1. The van der Waals surface area contributed by atoms with Crippen LogP contribution in [0.2, 0.25) is 0 Å². The van der Waals surface area contributed by atoms with E-state index < -0.39 is 17.5 Å². The van der Waals surface area contributed by atoms with Gasteiger partial charge in [0.2, 0.25) is 5.91 Å². The fraction of sp³-hybridized carbons (Fsp3) is 0.412. The van der Waals surface area contributed by atoms with Crippen LogP contribution in [0.3, 0.4) is 0 Å². The lowest BCUT2D eigenvalue weighted by Gasteiger charge is -2.54. The number of halogens is 6. The molecule has 3 heterocycles. The molecule has 1 amide bonds. The Morgan fingerprint density at radius 2 is 1.58 bits per heavy atom. The van der Waals surface area contributed by atoms with E-state index in [9.17, 15) is 18.0 Å². The number of aromatic nitrogens is 4. The number of hydrogen-bond acceptors (Lipinski definition) is 8. The molecule has 1 aliphatic carbocycles. The molecule has 2 N–H and O–H groups in total. The molecule has 3 fully saturated rings. The Hall–Kier alpha value is -3.46. The first-order valence-electron chi connectivity index (χ1n) is 15.8. The predicted octanol–water partition coefficient (Wildman–Crippen LogP) is 4.98. The Kier molecular flexibility index (Phi) is 12.5. The van der Waals surface area contributed by atoms with Crippen molar-refractivity contribution >= 4 is 43.1 Å². The second-order valence-electron chi connectivity index (χ2n) is 12.8. The topological polar surface area (TPSA) is 106 Å². The van der Waals surface area contributed by atoms with Crippen molar-refractivity contribution in [2.45, 2.75) is 49.1 Å². The Morgan fingerprint density at radius 1 is 0.940 bits per heavy atom. The second-order valence-corrected chi connectivity index (χ2v) is 12.8. The van der Waals surface area contributed by atoms with Gasteiger partial charge in [-0.2, -0.15) is 17.9 Å². The van der Waals surface area contributed by atoms with Gasteiger partial charge >= 0.3 is 6.18 Å². The molecule has 7 rings (SSSR count). The first-order chi connectivity index (χ1) is 22.6. The lowest BCUT2D eigenvalue weighted by Crippen LogP contribution is -2.68. The minimum Gasteiger partial charge on any atom is -0.496 e. The summed E-state index contributed by atoms with van der Waals surface area (Å²) in [4.78, 5) is 20.2. The summed E-state index contributed by atoms with van der Waals surface area (Å²) in [5.41, 5.74) is 8.89. The zero-order valence-corrected chi connectivity index (χ0v) is 29.7. The Bertz CT molecular complexity index is 1690. The Balaban J connectivity index is 0.00000187. The number of nitrogens with two attached hydrogens (primary N) is 1. The molecule has 3 aromatic carbocycles. The van der Waals surface area contributed by atoms with Crippen molar-refractivity contribution in [3.63, 3.8) is 0 Å². The third kappa shape index (κ3) is 7.88. The highest BCUT2D eigenvalue weighted by Crippen LogP contribution is 2.39. The first kappa shape index (κ1) is 39.3. The molecular weight excluding hydrogens is 716 g/mol. The summed E-state index contributed by atoms with van der Waals surface area (Å²) in [7, 11) is 1.55. The smallest absolute Gasteiger partial charge is 0.453 e. The molecule has 4 aromatic rings. The number of alkyl halides is 3. The van der Waals surface area contributed by atoms with Crippen LogP contribution in [0, 0.1) is 0 Å². The van der Waals surface area contributed by atoms with Crippen LogP contribution in [0.4, 0.5) is 13.2 Å². The van der Waals surface area contributed by atoms with Crippen LogP contribution >= 0.6 is 37.2 Å². The molecule has 50 heavy (non-hydrogen) atoms. The molecule has 270 valence electrons. The van der Waals surface area contributed by atoms with Crippen LogP contribution in [-0.2, 0) is 17.5 Å². The van der Waals surface area contributed by atoms with Crippen molar-refractivity contribution in [1.29, 1.82) is 0 Å². The molecule has 0 radical (unpaired) electrons. The van der Waals surface area contributed by atoms with Gasteiger partial charge in [0.05, 0.1) is 18.3 Å². The van der Waals surface area contributed by atoms with Crippen LogP contribution in [0.25, 0.3) is 5.69 Å². The maximum absolute atomic E-state index is 13.7. The molecule has 10 nitrogen and oxygen atoms in total. The van der Waals surface area contributed by atoms with Gasteiger partial charge in [0, 0.05) is 62.8 Å². The minimum absolute atomic E-state index is 0. The highest BCUT2D eigenvalue weighted by atomic mass is 35.5. The predicted molar refractivity (Wildman–Crippen MR) is 189 cm³/mol. The Labute approximate surface area is 307 Å². The van der Waals surface area contributed by atoms with Crippen molar-refractivity contribution in [1.82, 2.24) is 34.9 Å². The van der Waals surface area contributed by atoms with E-state index in [1.807, 2.05) is 17.0 Å². The fourth-order valence-corrected chi connectivity index (χ4v) is 7.24. The number of methoxy groups -OCH3 is 1. The average Bonchev–Trinajstić information content (AvgIpc) is 3.62. The summed E-state index contributed by atoms with van der Waals surface area (Å²) in [6, 6.07) is 25.8. The SMILES string of the molecule is COc1ccc(-n2nnnc2C(F)(F)F)cc1CN1C[C@@H]2CN(C(=O)C3(N)CC3)CCN2[C@H](C(c2ccccc2)c2ccccc2)C1.Cl.Cl.Cl. The summed E-state index contributed by atoms with van der Waals surface area (Å²) in [5, 5.41) is 10.1. The van der Waals surface area contributed by atoms with Crippen LogP contribution in [0.15, 0.2) is 78.9 Å². The molecule has 2 saturated heterocycles. The number of carbonyl (C=O) groups excluding carboxylic acids is 1. The van der Waals surface area contributed by atoms with E-state index in [4.69, 9.17) is 10.5 Å². The van der Waals surface area contributed by atoms with Crippen molar-refractivity contribution < 1.29 is 22.7 Å². The third-order valence-electron chi connectivity index (χ3n) is 9.70. The minimum atomic E-state index is -4.72. The maximum atomic E-state index is 13.7. The number of rotatable bonds is 8. The van der Waals surface area contributed by atoms with Gasteiger partial charge in [-0.3, -0.25) is 14.6 Å². The zero-order valence-electron chi connectivity index (χ0n) is 27.3. The Morgan fingerprint density at radius 3 is 2.16 bits per heavy atom. The van der Waals surface area contributed by atoms with E-state index in [0.717, 1.165) is 6.54 Å². The molecule has 16 heteroatoms. The van der Waals surface area contributed by atoms with Crippen LogP contribution in [-0.4, -0.2) is 98.3 Å². The summed E-state index contributed by atoms with van der Waals surface area (Å²) in [5.74, 6) is -0.588. The molecular formula is C34H40Cl3F3N8O2. The third-order valence-corrected chi connectivity index (χ3v) is 9.70. The summed E-state index contributed by atoms with van der Waals surface area (Å²) in [6.45, 7) is 3.64. The molecule has 1 saturated carbocycles. The van der Waals surface area contributed by atoms with E-state index in [2.05, 4.69) is 73.9 Å². The van der Waals surface area contributed by atoms with Crippen LogP contribution < -0.4 is 10.5 Å².